The van der Waals surface area contributed by atoms with E-state index in [4.69, 9.17) is 4.74 Å². The van der Waals surface area contributed by atoms with Crippen LogP contribution in [0.25, 0.3) is 0 Å². The van der Waals surface area contributed by atoms with Crippen molar-refractivity contribution in [1.29, 1.82) is 0 Å². The van der Waals surface area contributed by atoms with E-state index in [1.54, 1.807) is 36.4 Å². The van der Waals surface area contributed by atoms with Gasteiger partial charge < -0.3 is 15.4 Å². The molecule has 0 aliphatic rings. The molecule has 0 heterocycles. The Morgan fingerprint density at radius 3 is 2.23 bits per heavy atom. The summed E-state index contributed by atoms with van der Waals surface area (Å²) in [6.45, 7) is 1.90. The van der Waals surface area contributed by atoms with Crippen molar-refractivity contribution in [3.05, 3.63) is 52.5 Å². The summed E-state index contributed by atoms with van der Waals surface area (Å²) >= 11 is 3.38. The van der Waals surface area contributed by atoms with E-state index in [2.05, 4.69) is 26.6 Å². The SMILES string of the molecule is COc1cccc(NC(=O)C(=O)Nc2ccc(Br)c(C)c2)c1. The Kier molecular flexibility index (Phi) is 5.16. The minimum absolute atomic E-state index is 0.492. The number of ether oxygens (including phenoxy) is 1. The van der Waals surface area contributed by atoms with Crippen molar-refractivity contribution in [2.45, 2.75) is 6.92 Å². The summed E-state index contributed by atoms with van der Waals surface area (Å²) in [5.41, 5.74) is 2.02. The monoisotopic (exact) mass is 362 g/mol. The molecule has 0 saturated carbocycles. The van der Waals surface area contributed by atoms with Crippen LogP contribution in [0.3, 0.4) is 0 Å². The van der Waals surface area contributed by atoms with E-state index in [-0.39, 0.29) is 0 Å². The predicted octanol–water partition coefficient (Wildman–Crippen LogP) is 3.34. The first-order valence-electron chi connectivity index (χ1n) is 6.52. The molecule has 0 atom stereocenters. The van der Waals surface area contributed by atoms with E-state index in [9.17, 15) is 9.59 Å². The molecule has 114 valence electrons. The van der Waals surface area contributed by atoms with Gasteiger partial charge in [0.25, 0.3) is 0 Å². The highest BCUT2D eigenvalue weighted by atomic mass is 79.9. The molecule has 2 N–H and O–H groups in total. The first kappa shape index (κ1) is 16.0. The fourth-order valence-electron chi connectivity index (χ4n) is 1.80. The van der Waals surface area contributed by atoms with E-state index in [1.165, 1.54) is 7.11 Å². The van der Waals surface area contributed by atoms with Gasteiger partial charge in [-0.3, -0.25) is 9.59 Å². The Balaban J connectivity index is 2.02. The maximum absolute atomic E-state index is 11.9. The summed E-state index contributed by atoms with van der Waals surface area (Å²) in [5, 5.41) is 5.08. The zero-order valence-corrected chi connectivity index (χ0v) is 13.7. The zero-order chi connectivity index (χ0) is 16.1. The largest absolute Gasteiger partial charge is 0.497 e. The van der Waals surface area contributed by atoms with Crippen LogP contribution in [0.5, 0.6) is 5.75 Å². The number of aryl methyl sites for hydroxylation is 1. The van der Waals surface area contributed by atoms with Gasteiger partial charge in [0.05, 0.1) is 7.11 Å². The molecule has 5 nitrogen and oxygen atoms in total. The van der Waals surface area contributed by atoms with Crippen LogP contribution in [0.15, 0.2) is 46.9 Å². The van der Waals surface area contributed by atoms with Crippen LogP contribution in [0.2, 0.25) is 0 Å². The van der Waals surface area contributed by atoms with Gasteiger partial charge in [0.2, 0.25) is 0 Å². The Hall–Kier alpha value is -2.34. The van der Waals surface area contributed by atoms with Crippen LogP contribution >= 0.6 is 15.9 Å². The molecule has 0 aliphatic carbocycles. The number of rotatable bonds is 3. The van der Waals surface area contributed by atoms with E-state index in [0.717, 1.165) is 10.0 Å². The first-order chi connectivity index (χ1) is 10.5. The van der Waals surface area contributed by atoms with Gasteiger partial charge in [-0.1, -0.05) is 22.0 Å². The number of nitrogens with one attached hydrogen (secondary N) is 2. The van der Waals surface area contributed by atoms with Gasteiger partial charge in [0.15, 0.2) is 0 Å². The number of anilines is 2. The van der Waals surface area contributed by atoms with Crippen LogP contribution in [-0.2, 0) is 9.59 Å². The molecule has 0 bridgehead atoms. The maximum Gasteiger partial charge on any atom is 0.314 e. The van der Waals surface area contributed by atoms with Crippen molar-refractivity contribution in [2.24, 2.45) is 0 Å². The van der Waals surface area contributed by atoms with Crippen molar-refractivity contribution < 1.29 is 14.3 Å². The molecule has 0 unspecified atom stereocenters. The molecular formula is C16H15BrN2O3. The van der Waals surface area contributed by atoms with E-state index in [1.807, 2.05) is 13.0 Å². The Morgan fingerprint density at radius 2 is 1.64 bits per heavy atom. The average molecular weight is 363 g/mol. The number of amides is 2. The van der Waals surface area contributed by atoms with Crippen molar-refractivity contribution in [3.8, 4) is 5.75 Å². The topological polar surface area (TPSA) is 67.4 Å². The quantitative estimate of drug-likeness (QED) is 0.822. The van der Waals surface area contributed by atoms with Gasteiger partial charge in [-0.25, -0.2) is 0 Å². The number of hydrogen-bond acceptors (Lipinski definition) is 3. The Bertz CT molecular complexity index is 716. The number of benzene rings is 2. The van der Waals surface area contributed by atoms with Gasteiger partial charge in [-0.05, 0) is 42.8 Å². The van der Waals surface area contributed by atoms with Crippen LogP contribution in [0, 0.1) is 6.92 Å². The normalized spacial score (nSPS) is 9.95. The van der Waals surface area contributed by atoms with Gasteiger partial charge in [-0.2, -0.15) is 0 Å². The summed E-state index contributed by atoms with van der Waals surface area (Å²) in [5.74, 6) is -0.875. The number of carbonyl (C=O) groups excluding carboxylic acids is 2. The molecule has 0 saturated heterocycles. The first-order valence-corrected chi connectivity index (χ1v) is 7.31. The highest BCUT2D eigenvalue weighted by Gasteiger charge is 2.14. The molecule has 2 aromatic rings. The molecule has 0 radical (unpaired) electrons. The second-order valence-corrected chi connectivity index (χ2v) is 5.46. The lowest BCUT2D eigenvalue weighted by Gasteiger charge is -2.08. The van der Waals surface area contributed by atoms with Crippen molar-refractivity contribution in [1.82, 2.24) is 0 Å². The molecule has 22 heavy (non-hydrogen) atoms. The minimum atomic E-state index is -0.742. The van der Waals surface area contributed by atoms with Crippen molar-refractivity contribution in [3.63, 3.8) is 0 Å². The molecule has 0 spiro atoms. The lowest BCUT2D eigenvalue weighted by molar-refractivity contribution is -0.132. The number of methoxy groups -OCH3 is 1. The van der Waals surface area contributed by atoms with Crippen LogP contribution in [-0.4, -0.2) is 18.9 Å². The third-order valence-electron chi connectivity index (χ3n) is 2.95. The fraction of sp³-hybridized carbons (Fsp3) is 0.125. The second-order valence-electron chi connectivity index (χ2n) is 4.60. The Labute approximate surface area is 136 Å². The van der Waals surface area contributed by atoms with E-state index in [0.29, 0.717) is 17.1 Å². The highest BCUT2D eigenvalue weighted by Crippen LogP contribution is 2.20. The molecule has 2 aromatic carbocycles. The van der Waals surface area contributed by atoms with E-state index >= 15 is 0 Å². The summed E-state index contributed by atoms with van der Waals surface area (Å²) in [4.78, 5) is 23.8. The molecule has 0 fully saturated rings. The van der Waals surface area contributed by atoms with E-state index < -0.39 is 11.8 Å². The molecule has 0 aromatic heterocycles. The summed E-state index contributed by atoms with van der Waals surface area (Å²) in [6.07, 6.45) is 0. The Morgan fingerprint density at radius 1 is 1.00 bits per heavy atom. The lowest BCUT2D eigenvalue weighted by atomic mass is 10.2. The van der Waals surface area contributed by atoms with Crippen LogP contribution < -0.4 is 15.4 Å². The summed E-state index contributed by atoms with van der Waals surface area (Å²) < 4.78 is 6.00. The molecule has 2 amide bonds. The van der Waals surface area contributed by atoms with Crippen molar-refractivity contribution in [2.75, 3.05) is 17.7 Å². The lowest BCUT2D eigenvalue weighted by Crippen LogP contribution is -2.29. The van der Waals surface area contributed by atoms with Crippen LogP contribution in [0.4, 0.5) is 11.4 Å². The van der Waals surface area contributed by atoms with Gasteiger partial charge in [-0.15, -0.1) is 0 Å². The number of carbonyl (C=O) groups is 2. The number of hydrogen-bond donors (Lipinski definition) is 2. The summed E-state index contributed by atoms with van der Waals surface area (Å²) in [7, 11) is 1.53. The number of halogens is 1. The maximum atomic E-state index is 11.9. The molecule has 0 aliphatic heterocycles. The highest BCUT2D eigenvalue weighted by molar-refractivity contribution is 9.10. The predicted molar refractivity (Wildman–Crippen MR) is 89.1 cm³/mol. The molecule has 2 rings (SSSR count). The smallest absolute Gasteiger partial charge is 0.314 e. The molecular weight excluding hydrogens is 348 g/mol. The third kappa shape index (κ3) is 4.08. The van der Waals surface area contributed by atoms with Gasteiger partial charge >= 0.3 is 11.8 Å². The van der Waals surface area contributed by atoms with Gasteiger partial charge in [0.1, 0.15) is 5.75 Å². The fourth-order valence-corrected chi connectivity index (χ4v) is 2.05. The zero-order valence-electron chi connectivity index (χ0n) is 12.1. The third-order valence-corrected chi connectivity index (χ3v) is 3.84. The van der Waals surface area contributed by atoms with Crippen LogP contribution in [0.1, 0.15) is 5.56 Å². The second kappa shape index (κ2) is 7.09. The summed E-state index contributed by atoms with van der Waals surface area (Å²) in [6, 6.07) is 12.1. The molecule has 6 heteroatoms. The van der Waals surface area contributed by atoms with Gasteiger partial charge in [0, 0.05) is 21.9 Å². The average Bonchev–Trinajstić information content (AvgIpc) is 2.51. The van der Waals surface area contributed by atoms with Crippen molar-refractivity contribution >= 4 is 39.1 Å². The standard InChI is InChI=1S/C16H15BrN2O3/c1-10-8-12(6-7-14(10)17)19-16(21)15(20)18-11-4-3-5-13(9-11)22-2/h3-9H,1-2H3,(H,18,20)(H,19,21). The minimum Gasteiger partial charge on any atom is -0.497 e.